The Labute approximate surface area is 158 Å². The number of sulfone groups is 1. The summed E-state index contributed by atoms with van der Waals surface area (Å²) in [6.45, 7) is 2.95. The Morgan fingerprint density at radius 1 is 1.15 bits per heavy atom. The maximum absolute atomic E-state index is 12.6. The Morgan fingerprint density at radius 3 is 2.56 bits per heavy atom. The van der Waals surface area contributed by atoms with Crippen LogP contribution in [0.5, 0.6) is 5.75 Å². The van der Waals surface area contributed by atoms with Crippen molar-refractivity contribution in [3.63, 3.8) is 0 Å². The van der Waals surface area contributed by atoms with Crippen LogP contribution >= 0.6 is 0 Å². The third kappa shape index (κ3) is 4.58. The van der Waals surface area contributed by atoms with E-state index < -0.39 is 9.84 Å². The zero-order valence-electron chi connectivity index (χ0n) is 15.3. The lowest BCUT2D eigenvalue weighted by molar-refractivity contribution is 0.102. The van der Waals surface area contributed by atoms with Crippen molar-refractivity contribution in [1.82, 2.24) is 0 Å². The molecule has 27 heavy (non-hydrogen) atoms. The van der Waals surface area contributed by atoms with Gasteiger partial charge in [0.2, 0.25) is 0 Å². The number of hydrogen-bond donors (Lipinski definition) is 1. The first-order valence-corrected chi connectivity index (χ1v) is 10.4. The fourth-order valence-electron chi connectivity index (χ4n) is 2.91. The standard InChI is InChI=1S/C19H22N2O5S/c1-25-17-7-6-14(12-18(17)27(2,23)24)19(22)20-15-4-3-5-16(13-15)21-8-10-26-11-9-21/h3-7,12-13H,8-11H2,1-2H3,(H,20,22). The van der Waals surface area contributed by atoms with Gasteiger partial charge >= 0.3 is 0 Å². The number of morpholine rings is 1. The van der Waals surface area contributed by atoms with Crippen LogP contribution in [0, 0.1) is 0 Å². The topological polar surface area (TPSA) is 84.9 Å². The molecule has 0 aliphatic carbocycles. The molecular formula is C19H22N2O5S. The van der Waals surface area contributed by atoms with Gasteiger partial charge in [0.25, 0.3) is 5.91 Å². The molecule has 1 N–H and O–H groups in total. The number of methoxy groups -OCH3 is 1. The summed E-state index contributed by atoms with van der Waals surface area (Å²) >= 11 is 0. The molecule has 0 unspecified atom stereocenters. The SMILES string of the molecule is COc1ccc(C(=O)Nc2cccc(N3CCOCC3)c2)cc1S(C)(=O)=O. The molecule has 1 aliphatic heterocycles. The average Bonchev–Trinajstić information content (AvgIpc) is 2.67. The predicted molar refractivity (Wildman–Crippen MR) is 104 cm³/mol. The van der Waals surface area contributed by atoms with Crippen LogP contribution in [-0.4, -0.2) is 54.0 Å². The van der Waals surface area contributed by atoms with E-state index in [2.05, 4.69) is 10.2 Å². The number of nitrogens with one attached hydrogen (secondary N) is 1. The van der Waals surface area contributed by atoms with Gasteiger partial charge in [0.05, 0.1) is 20.3 Å². The van der Waals surface area contributed by atoms with Crippen molar-refractivity contribution in [2.75, 3.05) is 49.9 Å². The number of carbonyl (C=O) groups is 1. The molecule has 7 nitrogen and oxygen atoms in total. The summed E-state index contributed by atoms with van der Waals surface area (Å²) in [5.41, 5.74) is 1.89. The smallest absolute Gasteiger partial charge is 0.255 e. The third-order valence-electron chi connectivity index (χ3n) is 4.31. The molecular weight excluding hydrogens is 368 g/mol. The Morgan fingerprint density at radius 2 is 1.89 bits per heavy atom. The van der Waals surface area contributed by atoms with Crippen molar-refractivity contribution in [2.24, 2.45) is 0 Å². The zero-order chi connectivity index (χ0) is 19.4. The molecule has 144 valence electrons. The minimum atomic E-state index is -3.52. The highest BCUT2D eigenvalue weighted by atomic mass is 32.2. The summed E-state index contributed by atoms with van der Waals surface area (Å²) < 4.78 is 34.3. The molecule has 0 radical (unpaired) electrons. The average molecular weight is 390 g/mol. The van der Waals surface area contributed by atoms with E-state index in [0.29, 0.717) is 18.9 Å². The lowest BCUT2D eigenvalue weighted by Gasteiger charge is -2.29. The number of nitrogens with zero attached hydrogens (tertiary/aromatic N) is 1. The second-order valence-electron chi connectivity index (χ2n) is 6.24. The first-order chi connectivity index (χ1) is 12.9. The van der Waals surface area contributed by atoms with Crippen LogP contribution in [0.1, 0.15) is 10.4 Å². The third-order valence-corrected chi connectivity index (χ3v) is 5.42. The van der Waals surface area contributed by atoms with Crippen molar-refractivity contribution < 1.29 is 22.7 Å². The maximum Gasteiger partial charge on any atom is 0.255 e. The molecule has 8 heteroatoms. The predicted octanol–water partition coefficient (Wildman–Crippen LogP) is 2.19. The monoisotopic (exact) mass is 390 g/mol. The molecule has 1 fully saturated rings. The molecule has 1 aliphatic rings. The molecule has 3 rings (SSSR count). The van der Waals surface area contributed by atoms with Crippen LogP contribution in [0.3, 0.4) is 0 Å². The number of hydrogen-bond acceptors (Lipinski definition) is 6. The van der Waals surface area contributed by atoms with E-state index in [4.69, 9.17) is 9.47 Å². The van der Waals surface area contributed by atoms with Crippen LogP contribution in [0.4, 0.5) is 11.4 Å². The molecule has 0 saturated carbocycles. The summed E-state index contributed by atoms with van der Waals surface area (Å²) in [5, 5.41) is 2.82. The van der Waals surface area contributed by atoms with Gasteiger partial charge < -0.3 is 19.7 Å². The number of carbonyl (C=O) groups excluding carboxylic acids is 1. The highest BCUT2D eigenvalue weighted by Crippen LogP contribution is 2.26. The van der Waals surface area contributed by atoms with Crippen LogP contribution in [0.2, 0.25) is 0 Å². The summed E-state index contributed by atoms with van der Waals surface area (Å²) in [6, 6.07) is 11.9. The highest BCUT2D eigenvalue weighted by molar-refractivity contribution is 7.90. The number of amides is 1. The number of benzene rings is 2. The summed E-state index contributed by atoms with van der Waals surface area (Å²) in [7, 11) is -2.13. The van der Waals surface area contributed by atoms with Gasteiger partial charge in [-0.1, -0.05) is 6.07 Å². The summed E-state index contributed by atoms with van der Waals surface area (Å²) in [6.07, 6.45) is 1.08. The fraction of sp³-hybridized carbons (Fsp3) is 0.316. The van der Waals surface area contributed by atoms with E-state index in [0.717, 1.165) is 25.0 Å². The molecule has 1 amide bonds. The van der Waals surface area contributed by atoms with Gasteiger partial charge in [-0.3, -0.25) is 4.79 Å². The van der Waals surface area contributed by atoms with Crippen molar-refractivity contribution in [2.45, 2.75) is 4.90 Å². The van der Waals surface area contributed by atoms with Crippen LogP contribution in [0.15, 0.2) is 47.4 Å². The van der Waals surface area contributed by atoms with Crippen molar-refractivity contribution >= 4 is 27.1 Å². The Hall–Kier alpha value is -2.58. The van der Waals surface area contributed by atoms with E-state index in [1.807, 2.05) is 18.2 Å². The number of rotatable bonds is 5. The first-order valence-electron chi connectivity index (χ1n) is 8.51. The molecule has 2 aromatic rings. The van der Waals surface area contributed by atoms with E-state index >= 15 is 0 Å². The van der Waals surface area contributed by atoms with Gasteiger partial charge in [-0.05, 0) is 36.4 Å². The van der Waals surface area contributed by atoms with Gasteiger partial charge in [0.1, 0.15) is 10.6 Å². The number of ether oxygens (including phenoxy) is 2. The largest absolute Gasteiger partial charge is 0.495 e. The normalized spacial score (nSPS) is 14.7. The van der Waals surface area contributed by atoms with Gasteiger partial charge in [0.15, 0.2) is 9.84 Å². The van der Waals surface area contributed by atoms with E-state index in [1.54, 1.807) is 6.07 Å². The molecule has 0 spiro atoms. The second kappa shape index (κ2) is 7.98. The molecule has 0 bridgehead atoms. The second-order valence-corrected chi connectivity index (χ2v) is 8.23. The van der Waals surface area contributed by atoms with Gasteiger partial charge in [-0.15, -0.1) is 0 Å². The minimum Gasteiger partial charge on any atom is -0.495 e. The first kappa shape index (κ1) is 19.2. The molecule has 0 aromatic heterocycles. The molecule has 1 heterocycles. The van der Waals surface area contributed by atoms with E-state index in [9.17, 15) is 13.2 Å². The quantitative estimate of drug-likeness (QED) is 0.842. The Kier molecular flexibility index (Phi) is 5.67. The van der Waals surface area contributed by atoms with Crippen LogP contribution < -0.4 is 15.0 Å². The highest BCUT2D eigenvalue weighted by Gasteiger charge is 2.18. The van der Waals surface area contributed by atoms with Gasteiger partial charge in [0, 0.05) is 36.3 Å². The van der Waals surface area contributed by atoms with Crippen molar-refractivity contribution in [1.29, 1.82) is 0 Å². The minimum absolute atomic E-state index is 0.0142. The van der Waals surface area contributed by atoms with Crippen LogP contribution in [0.25, 0.3) is 0 Å². The zero-order valence-corrected chi connectivity index (χ0v) is 16.1. The Balaban J connectivity index is 1.81. The fourth-order valence-corrected chi connectivity index (χ4v) is 3.77. The summed E-state index contributed by atoms with van der Waals surface area (Å²) in [4.78, 5) is 14.8. The number of anilines is 2. The van der Waals surface area contributed by atoms with Crippen molar-refractivity contribution in [3.05, 3.63) is 48.0 Å². The van der Waals surface area contributed by atoms with Gasteiger partial charge in [-0.2, -0.15) is 0 Å². The lowest BCUT2D eigenvalue weighted by Crippen LogP contribution is -2.36. The maximum atomic E-state index is 12.6. The van der Waals surface area contributed by atoms with Crippen LogP contribution in [-0.2, 0) is 14.6 Å². The summed E-state index contributed by atoms with van der Waals surface area (Å²) in [5.74, 6) is -0.176. The van der Waals surface area contributed by atoms with Crippen molar-refractivity contribution in [3.8, 4) is 5.75 Å². The molecule has 0 atom stereocenters. The molecule has 1 saturated heterocycles. The van der Waals surface area contributed by atoms with Gasteiger partial charge in [-0.25, -0.2) is 8.42 Å². The van der Waals surface area contributed by atoms with E-state index in [1.165, 1.54) is 25.3 Å². The molecule has 2 aromatic carbocycles. The van der Waals surface area contributed by atoms with E-state index in [-0.39, 0.29) is 22.1 Å². The Bertz CT molecular complexity index is 937. The lowest BCUT2D eigenvalue weighted by atomic mass is 10.2.